The maximum absolute atomic E-state index is 12.5. The molecule has 1 aromatic carbocycles. The zero-order valence-corrected chi connectivity index (χ0v) is 17.1. The fourth-order valence-electron chi connectivity index (χ4n) is 3.12. The third-order valence-electron chi connectivity index (χ3n) is 4.82. The first-order valence-corrected chi connectivity index (χ1v) is 9.66. The van der Waals surface area contributed by atoms with E-state index < -0.39 is 0 Å². The van der Waals surface area contributed by atoms with E-state index in [4.69, 9.17) is 4.74 Å². The van der Waals surface area contributed by atoms with E-state index in [0.717, 1.165) is 17.0 Å². The summed E-state index contributed by atoms with van der Waals surface area (Å²) in [4.78, 5) is 28.5. The summed E-state index contributed by atoms with van der Waals surface area (Å²) in [5.41, 5.74) is 1.74. The first-order chi connectivity index (χ1) is 13.0. The lowest BCUT2D eigenvalue weighted by Crippen LogP contribution is -2.49. The monoisotopic (exact) mass is 434 g/mol. The Kier molecular flexibility index (Phi) is 6.15. The minimum atomic E-state index is -0.162. The molecule has 27 heavy (non-hydrogen) atoms. The van der Waals surface area contributed by atoms with Crippen LogP contribution in [0, 0.1) is 0 Å². The maximum Gasteiger partial charge on any atom is 0.282 e. The Bertz CT molecular complexity index is 858. The molecule has 0 aliphatic carbocycles. The molecule has 0 saturated carbocycles. The summed E-state index contributed by atoms with van der Waals surface area (Å²) in [5.74, 6) is 0.976. The Hall–Kier alpha value is -2.35. The van der Waals surface area contributed by atoms with Crippen LogP contribution >= 0.6 is 15.9 Å². The van der Waals surface area contributed by atoms with Gasteiger partial charge < -0.3 is 14.5 Å². The van der Waals surface area contributed by atoms with Gasteiger partial charge >= 0.3 is 0 Å². The van der Waals surface area contributed by atoms with E-state index in [9.17, 15) is 9.59 Å². The van der Waals surface area contributed by atoms with Crippen molar-refractivity contribution in [3.63, 3.8) is 0 Å². The molecule has 0 atom stereocenters. The Balaban J connectivity index is 1.53. The summed E-state index contributed by atoms with van der Waals surface area (Å²) in [6.45, 7) is 2.65. The van der Waals surface area contributed by atoms with Crippen molar-refractivity contribution < 1.29 is 9.53 Å². The van der Waals surface area contributed by atoms with Gasteiger partial charge in [-0.25, -0.2) is 4.68 Å². The van der Waals surface area contributed by atoms with Gasteiger partial charge in [-0.05, 0) is 40.0 Å². The number of amides is 1. The number of anilines is 1. The van der Waals surface area contributed by atoms with Gasteiger partial charge in [0.15, 0.2) is 0 Å². The van der Waals surface area contributed by atoms with E-state index in [0.29, 0.717) is 43.5 Å². The number of methoxy groups -OCH3 is 1. The summed E-state index contributed by atoms with van der Waals surface area (Å²) < 4.78 is 6.96. The number of hydrogen-bond acceptors (Lipinski definition) is 5. The van der Waals surface area contributed by atoms with Crippen LogP contribution in [0.5, 0.6) is 5.75 Å². The summed E-state index contributed by atoms with van der Waals surface area (Å²) >= 11 is 3.37. The molecule has 3 rings (SSSR count). The number of benzene rings is 1. The lowest BCUT2D eigenvalue weighted by atomic mass is 10.1. The normalized spacial score (nSPS) is 14.3. The van der Waals surface area contributed by atoms with Crippen LogP contribution in [-0.2, 0) is 18.3 Å². The second-order valence-electron chi connectivity index (χ2n) is 6.49. The number of aromatic nitrogens is 2. The van der Waals surface area contributed by atoms with Crippen LogP contribution in [0.3, 0.4) is 0 Å². The topological polar surface area (TPSA) is 67.7 Å². The average Bonchev–Trinajstić information content (AvgIpc) is 2.71. The van der Waals surface area contributed by atoms with Gasteiger partial charge in [-0.1, -0.05) is 12.1 Å². The standard InChI is InChI=1S/C19H23BrN4O3/c1-22-19(26)18(20)16(13-21-22)23-9-11-24(12-10-23)17(25)8-5-14-3-6-15(27-2)7-4-14/h3-4,6-7,13H,5,8-12H2,1-2H3. The van der Waals surface area contributed by atoms with Gasteiger partial charge in [0.05, 0.1) is 19.0 Å². The van der Waals surface area contributed by atoms with Gasteiger partial charge in [0.25, 0.3) is 5.56 Å². The largest absolute Gasteiger partial charge is 0.497 e. The van der Waals surface area contributed by atoms with E-state index in [1.54, 1.807) is 20.4 Å². The van der Waals surface area contributed by atoms with Crippen LogP contribution in [0.4, 0.5) is 5.69 Å². The van der Waals surface area contributed by atoms with Gasteiger partial charge in [-0.3, -0.25) is 9.59 Å². The molecule has 1 aromatic heterocycles. The zero-order valence-electron chi connectivity index (χ0n) is 15.5. The minimum Gasteiger partial charge on any atom is -0.497 e. The SMILES string of the molecule is COc1ccc(CCC(=O)N2CCN(c3cnn(C)c(=O)c3Br)CC2)cc1. The van der Waals surface area contributed by atoms with Crippen LogP contribution in [-0.4, -0.2) is 53.9 Å². The number of halogens is 1. The number of carbonyl (C=O) groups is 1. The van der Waals surface area contributed by atoms with Crippen molar-refractivity contribution >= 4 is 27.5 Å². The van der Waals surface area contributed by atoms with Crippen LogP contribution < -0.4 is 15.2 Å². The van der Waals surface area contributed by atoms with Gasteiger partial charge in [0.2, 0.25) is 5.91 Å². The molecule has 1 saturated heterocycles. The number of aryl methyl sites for hydroxylation is 2. The van der Waals surface area contributed by atoms with Gasteiger partial charge in [-0.2, -0.15) is 5.10 Å². The van der Waals surface area contributed by atoms with Crippen molar-refractivity contribution in [2.45, 2.75) is 12.8 Å². The van der Waals surface area contributed by atoms with Crippen molar-refractivity contribution in [3.05, 3.63) is 50.9 Å². The predicted octanol–water partition coefficient (Wildman–Crippen LogP) is 1.83. The maximum atomic E-state index is 12.5. The van der Waals surface area contributed by atoms with E-state index in [2.05, 4.69) is 25.9 Å². The van der Waals surface area contributed by atoms with Crippen LogP contribution in [0.1, 0.15) is 12.0 Å². The van der Waals surface area contributed by atoms with Gasteiger partial charge in [0, 0.05) is 39.6 Å². The Labute approximate surface area is 166 Å². The van der Waals surface area contributed by atoms with Crippen molar-refractivity contribution in [1.29, 1.82) is 0 Å². The smallest absolute Gasteiger partial charge is 0.282 e. The molecule has 0 spiro atoms. The number of ether oxygens (including phenoxy) is 1. The Morgan fingerprint density at radius 1 is 1.19 bits per heavy atom. The number of hydrogen-bond donors (Lipinski definition) is 0. The second-order valence-corrected chi connectivity index (χ2v) is 7.28. The van der Waals surface area contributed by atoms with E-state index in [1.807, 2.05) is 29.2 Å². The molecule has 144 valence electrons. The lowest BCUT2D eigenvalue weighted by Gasteiger charge is -2.36. The van der Waals surface area contributed by atoms with E-state index >= 15 is 0 Å². The number of piperazine rings is 1. The van der Waals surface area contributed by atoms with Crippen molar-refractivity contribution in [2.24, 2.45) is 7.05 Å². The first kappa shape index (κ1) is 19.4. The molecule has 1 amide bonds. The average molecular weight is 435 g/mol. The zero-order chi connectivity index (χ0) is 19.4. The summed E-state index contributed by atoms with van der Waals surface area (Å²) in [6.07, 6.45) is 2.89. The quantitative estimate of drug-likeness (QED) is 0.717. The van der Waals surface area contributed by atoms with Crippen molar-refractivity contribution in [3.8, 4) is 5.75 Å². The molecular weight excluding hydrogens is 412 g/mol. The second kappa shape index (κ2) is 8.56. The summed E-state index contributed by atoms with van der Waals surface area (Å²) in [6, 6.07) is 7.80. The molecule has 8 heteroatoms. The minimum absolute atomic E-state index is 0.159. The van der Waals surface area contributed by atoms with E-state index in [-0.39, 0.29) is 11.5 Å². The molecule has 0 bridgehead atoms. The number of rotatable bonds is 5. The molecule has 2 heterocycles. The highest BCUT2D eigenvalue weighted by molar-refractivity contribution is 9.10. The Morgan fingerprint density at radius 3 is 2.48 bits per heavy atom. The third-order valence-corrected chi connectivity index (χ3v) is 5.56. The van der Waals surface area contributed by atoms with Crippen molar-refractivity contribution in [2.75, 3.05) is 38.2 Å². The highest BCUT2D eigenvalue weighted by Gasteiger charge is 2.23. The molecule has 1 aliphatic heterocycles. The number of nitrogens with zero attached hydrogens (tertiary/aromatic N) is 4. The highest BCUT2D eigenvalue weighted by atomic mass is 79.9. The van der Waals surface area contributed by atoms with Crippen LogP contribution in [0.25, 0.3) is 0 Å². The molecule has 2 aromatic rings. The van der Waals surface area contributed by atoms with Gasteiger partial charge in [0.1, 0.15) is 10.2 Å². The van der Waals surface area contributed by atoms with E-state index in [1.165, 1.54) is 4.68 Å². The lowest BCUT2D eigenvalue weighted by molar-refractivity contribution is -0.131. The molecule has 1 fully saturated rings. The molecule has 7 nitrogen and oxygen atoms in total. The molecule has 0 N–H and O–H groups in total. The fourth-order valence-corrected chi connectivity index (χ4v) is 3.73. The predicted molar refractivity (Wildman–Crippen MR) is 107 cm³/mol. The third kappa shape index (κ3) is 4.50. The van der Waals surface area contributed by atoms with Crippen molar-refractivity contribution in [1.82, 2.24) is 14.7 Å². The van der Waals surface area contributed by atoms with Crippen LogP contribution in [0.2, 0.25) is 0 Å². The molecular formula is C19H23BrN4O3. The molecule has 1 aliphatic rings. The summed E-state index contributed by atoms with van der Waals surface area (Å²) in [5, 5.41) is 4.09. The molecule has 0 unspecified atom stereocenters. The Morgan fingerprint density at radius 2 is 1.85 bits per heavy atom. The van der Waals surface area contributed by atoms with Gasteiger partial charge in [-0.15, -0.1) is 0 Å². The summed E-state index contributed by atoms with van der Waals surface area (Å²) in [7, 11) is 3.26. The highest BCUT2D eigenvalue weighted by Crippen LogP contribution is 2.23. The first-order valence-electron chi connectivity index (χ1n) is 8.87. The fraction of sp³-hybridized carbons (Fsp3) is 0.421. The molecule has 0 radical (unpaired) electrons. The number of carbonyl (C=O) groups excluding carboxylic acids is 1. The van der Waals surface area contributed by atoms with Crippen LogP contribution in [0.15, 0.2) is 39.7 Å².